The van der Waals surface area contributed by atoms with Gasteiger partial charge in [0.2, 0.25) is 10.0 Å². The first-order valence-electron chi connectivity index (χ1n) is 5.54. The van der Waals surface area contributed by atoms with Crippen LogP contribution in [0, 0.1) is 0 Å². The molecule has 1 aromatic carbocycles. The van der Waals surface area contributed by atoms with Crippen molar-refractivity contribution in [1.82, 2.24) is 4.31 Å². The van der Waals surface area contributed by atoms with Gasteiger partial charge in [0.15, 0.2) is 0 Å². The fourth-order valence-corrected chi connectivity index (χ4v) is 4.70. The minimum Gasteiger partial charge on any atom is -0.399 e. The molecule has 0 aliphatic carbocycles. The molecular weight excluding hydrogens is 339 g/mol. The van der Waals surface area contributed by atoms with Gasteiger partial charge in [0.25, 0.3) is 0 Å². The summed E-state index contributed by atoms with van der Waals surface area (Å²) in [6.45, 7) is 0.253. The Labute approximate surface area is 131 Å². The minimum atomic E-state index is -3.77. The molecular formula is C12H12Cl2N2O2S2. The van der Waals surface area contributed by atoms with Crippen LogP contribution in [0.2, 0.25) is 10.0 Å². The third kappa shape index (κ3) is 3.10. The molecule has 0 aliphatic heterocycles. The Hall–Kier alpha value is -0.790. The number of rotatable bonds is 4. The molecule has 0 aliphatic rings. The molecule has 0 amide bonds. The van der Waals surface area contributed by atoms with E-state index in [1.165, 1.54) is 34.8 Å². The topological polar surface area (TPSA) is 63.4 Å². The lowest BCUT2D eigenvalue weighted by Gasteiger charge is -2.18. The zero-order chi connectivity index (χ0) is 14.9. The summed E-state index contributed by atoms with van der Waals surface area (Å²) in [6, 6.07) is 4.61. The second-order valence-corrected chi connectivity index (χ2v) is 7.78. The van der Waals surface area contributed by atoms with Gasteiger partial charge in [-0.05, 0) is 34.5 Å². The third-order valence-electron chi connectivity index (χ3n) is 2.67. The molecule has 2 rings (SSSR count). The van der Waals surface area contributed by atoms with Crippen molar-refractivity contribution in [2.45, 2.75) is 11.4 Å². The van der Waals surface area contributed by atoms with E-state index in [1.54, 1.807) is 0 Å². The van der Waals surface area contributed by atoms with Gasteiger partial charge in [-0.1, -0.05) is 23.2 Å². The number of anilines is 1. The maximum Gasteiger partial charge on any atom is 0.246 e. The fourth-order valence-electron chi connectivity index (χ4n) is 1.71. The summed E-state index contributed by atoms with van der Waals surface area (Å²) in [5.74, 6) is 0. The van der Waals surface area contributed by atoms with Crippen LogP contribution in [0.1, 0.15) is 5.56 Å². The Morgan fingerprint density at radius 1 is 1.30 bits per heavy atom. The standard InChI is InChI=1S/C12H12Cl2N2O2S2/c1-16(6-8-2-3-19-7-8)20(17,18)12-10(13)4-9(15)5-11(12)14/h2-5,7H,6,15H2,1H3. The lowest BCUT2D eigenvalue weighted by molar-refractivity contribution is 0.467. The van der Waals surface area contributed by atoms with Gasteiger partial charge < -0.3 is 5.73 Å². The third-order valence-corrected chi connectivity index (χ3v) is 6.13. The molecule has 0 unspecified atom stereocenters. The molecule has 2 aromatic rings. The Kier molecular flexibility index (Phi) is 4.61. The Morgan fingerprint density at radius 3 is 2.40 bits per heavy atom. The fraction of sp³-hybridized carbons (Fsp3) is 0.167. The lowest BCUT2D eigenvalue weighted by Crippen LogP contribution is -2.27. The van der Waals surface area contributed by atoms with Gasteiger partial charge in [-0.15, -0.1) is 0 Å². The number of hydrogen-bond acceptors (Lipinski definition) is 4. The smallest absolute Gasteiger partial charge is 0.246 e. The van der Waals surface area contributed by atoms with Crippen LogP contribution < -0.4 is 5.73 Å². The van der Waals surface area contributed by atoms with Crippen LogP contribution in [0.25, 0.3) is 0 Å². The van der Waals surface area contributed by atoms with Gasteiger partial charge in [-0.2, -0.15) is 15.6 Å². The highest BCUT2D eigenvalue weighted by Crippen LogP contribution is 2.33. The first-order valence-corrected chi connectivity index (χ1v) is 8.68. The molecule has 4 nitrogen and oxygen atoms in total. The lowest BCUT2D eigenvalue weighted by atomic mass is 10.3. The zero-order valence-electron chi connectivity index (χ0n) is 10.5. The molecule has 0 atom stereocenters. The highest BCUT2D eigenvalue weighted by molar-refractivity contribution is 7.89. The second-order valence-electron chi connectivity index (χ2n) is 4.21. The Balaban J connectivity index is 2.40. The number of nitrogen functional groups attached to an aromatic ring is 1. The van der Waals surface area contributed by atoms with Crippen molar-refractivity contribution in [2.24, 2.45) is 0 Å². The quantitative estimate of drug-likeness (QED) is 0.858. The molecule has 0 saturated heterocycles. The van der Waals surface area contributed by atoms with Gasteiger partial charge in [-0.25, -0.2) is 8.42 Å². The SMILES string of the molecule is CN(Cc1ccsc1)S(=O)(=O)c1c(Cl)cc(N)cc1Cl. The minimum absolute atomic E-state index is 0.0205. The van der Waals surface area contributed by atoms with E-state index >= 15 is 0 Å². The van der Waals surface area contributed by atoms with Crippen LogP contribution in [0.3, 0.4) is 0 Å². The highest BCUT2D eigenvalue weighted by Gasteiger charge is 2.27. The van der Waals surface area contributed by atoms with Crippen LogP contribution >= 0.6 is 34.5 Å². The maximum atomic E-state index is 12.5. The molecule has 20 heavy (non-hydrogen) atoms. The monoisotopic (exact) mass is 350 g/mol. The molecule has 108 valence electrons. The van der Waals surface area contributed by atoms with Crippen molar-refractivity contribution >= 4 is 50.2 Å². The van der Waals surface area contributed by atoms with Crippen LogP contribution in [0.5, 0.6) is 0 Å². The largest absolute Gasteiger partial charge is 0.399 e. The zero-order valence-corrected chi connectivity index (χ0v) is 13.7. The molecule has 1 aromatic heterocycles. The van der Waals surface area contributed by atoms with Crippen LogP contribution in [0.4, 0.5) is 5.69 Å². The van der Waals surface area contributed by atoms with E-state index in [-0.39, 0.29) is 21.5 Å². The summed E-state index contributed by atoms with van der Waals surface area (Å²) in [5.41, 5.74) is 6.81. The van der Waals surface area contributed by atoms with Crippen molar-refractivity contribution in [3.63, 3.8) is 0 Å². The molecule has 0 saturated carbocycles. The first kappa shape index (κ1) is 15.6. The average Bonchev–Trinajstić information content (AvgIpc) is 2.79. The number of hydrogen-bond donors (Lipinski definition) is 1. The van der Waals surface area contributed by atoms with Crippen molar-refractivity contribution in [3.05, 3.63) is 44.6 Å². The molecule has 0 fully saturated rings. The molecule has 8 heteroatoms. The van der Waals surface area contributed by atoms with E-state index in [1.807, 2.05) is 16.8 Å². The van der Waals surface area contributed by atoms with Crippen LogP contribution in [-0.2, 0) is 16.6 Å². The number of nitrogens with two attached hydrogens (primary N) is 1. The number of nitrogens with zero attached hydrogens (tertiary/aromatic N) is 1. The van der Waals surface area contributed by atoms with Gasteiger partial charge in [0.1, 0.15) is 4.90 Å². The number of halogens is 2. The summed E-state index contributed by atoms with van der Waals surface area (Å²) < 4.78 is 26.3. The van der Waals surface area contributed by atoms with Crippen molar-refractivity contribution in [3.8, 4) is 0 Å². The van der Waals surface area contributed by atoms with E-state index < -0.39 is 10.0 Å². The maximum absolute atomic E-state index is 12.5. The van der Waals surface area contributed by atoms with Gasteiger partial charge >= 0.3 is 0 Å². The summed E-state index contributed by atoms with van der Waals surface area (Å²) in [6.07, 6.45) is 0. The van der Waals surface area contributed by atoms with E-state index in [0.29, 0.717) is 5.69 Å². The van der Waals surface area contributed by atoms with Gasteiger partial charge in [0.05, 0.1) is 10.0 Å². The van der Waals surface area contributed by atoms with Crippen molar-refractivity contribution in [1.29, 1.82) is 0 Å². The Bertz CT molecular complexity index is 692. The molecule has 0 spiro atoms. The predicted molar refractivity (Wildman–Crippen MR) is 83.8 cm³/mol. The van der Waals surface area contributed by atoms with Crippen molar-refractivity contribution in [2.75, 3.05) is 12.8 Å². The average molecular weight is 351 g/mol. The van der Waals surface area contributed by atoms with Crippen LogP contribution in [-0.4, -0.2) is 19.8 Å². The van der Waals surface area contributed by atoms with Crippen molar-refractivity contribution < 1.29 is 8.42 Å². The highest BCUT2D eigenvalue weighted by atomic mass is 35.5. The number of sulfonamides is 1. The summed E-state index contributed by atoms with van der Waals surface area (Å²) in [4.78, 5) is -0.118. The molecule has 0 bridgehead atoms. The first-order chi connectivity index (χ1) is 9.32. The molecule has 0 radical (unpaired) electrons. The van der Waals surface area contributed by atoms with Gasteiger partial charge in [-0.3, -0.25) is 0 Å². The second kappa shape index (κ2) is 5.91. The molecule has 2 N–H and O–H groups in total. The van der Waals surface area contributed by atoms with E-state index in [4.69, 9.17) is 28.9 Å². The van der Waals surface area contributed by atoms with E-state index in [2.05, 4.69) is 0 Å². The normalized spacial score (nSPS) is 12.0. The van der Waals surface area contributed by atoms with E-state index in [0.717, 1.165) is 5.56 Å². The summed E-state index contributed by atoms with van der Waals surface area (Å²) in [5, 5.41) is 3.82. The molecule has 1 heterocycles. The van der Waals surface area contributed by atoms with E-state index in [9.17, 15) is 8.42 Å². The number of thiophene rings is 1. The van der Waals surface area contributed by atoms with Crippen LogP contribution in [0.15, 0.2) is 33.9 Å². The Morgan fingerprint density at radius 2 is 1.90 bits per heavy atom. The summed E-state index contributed by atoms with van der Waals surface area (Å²) >= 11 is 13.5. The number of benzene rings is 1. The van der Waals surface area contributed by atoms with Gasteiger partial charge in [0, 0.05) is 19.3 Å². The summed E-state index contributed by atoms with van der Waals surface area (Å²) in [7, 11) is -2.29. The predicted octanol–water partition coefficient (Wildman–Crippen LogP) is 3.46.